The monoisotopic (exact) mass is 406 g/mol. The van der Waals surface area contributed by atoms with Crippen LogP contribution < -0.4 is 5.32 Å². The summed E-state index contributed by atoms with van der Waals surface area (Å²) in [6.07, 6.45) is 3.74. The summed E-state index contributed by atoms with van der Waals surface area (Å²) >= 11 is 3.40. The van der Waals surface area contributed by atoms with Gasteiger partial charge in [-0.05, 0) is 38.3 Å². The van der Waals surface area contributed by atoms with Crippen LogP contribution in [0.1, 0.15) is 5.56 Å². The van der Waals surface area contributed by atoms with E-state index in [-0.39, 0.29) is 5.91 Å². The molecule has 4 rings (SSSR count). The second kappa shape index (κ2) is 7.09. The van der Waals surface area contributed by atoms with Crippen LogP contribution in [0.5, 0.6) is 0 Å². The van der Waals surface area contributed by atoms with E-state index in [1.54, 1.807) is 18.5 Å². The van der Waals surface area contributed by atoms with E-state index in [1.165, 1.54) is 0 Å². The molecule has 6 heteroatoms. The third-order valence-corrected chi connectivity index (χ3v) is 4.53. The maximum absolute atomic E-state index is 12.4. The maximum atomic E-state index is 12.4. The van der Waals surface area contributed by atoms with Crippen molar-refractivity contribution in [3.63, 3.8) is 0 Å². The molecule has 0 aliphatic rings. The first kappa shape index (κ1) is 16.5. The molecule has 0 aliphatic heterocycles. The predicted octanol–water partition coefficient (Wildman–Crippen LogP) is 4.57. The van der Waals surface area contributed by atoms with E-state index in [4.69, 9.17) is 0 Å². The van der Waals surface area contributed by atoms with Crippen molar-refractivity contribution in [1.29, 1.82) is 0 Å². The summed E-state index contributed by atoms with van der Waals surface area (Å²) in [5, 5.41) is 12.2. The fourth-order valence-corrected chi connectivity index (χ4v) is 3.26. The first-order chi connectivity index (χ1) is 12.7. The van der Waals surface area contributed by atoms with Crippen LogP contribution in [-0.2, 0) is 11.2 Å². The molecule has 0 aliphatic carbocycles. The third kappa shape index (κ3) is 3.50. The average Bonchev–Trinajstić information content (AvgIpc) is 3.10. The van der Waals surface area contributed by atoms with Gasteiger partial charge in [0, 0.05) is 28.5 Å². The van der Waals surface area contributed by atoms with E-state index < -0.39 is 0 Å². The molecule has 5 nitrogen and oxygen atoms in total. The first-order valence-electron chi connectivity index (χ1n) is 8.12. The van der Waals surface area contributed by atoms with Crippen LogP contribution in [0, 0.1) is 0 Å². The highest BCUT2D eigenvalue weighted by Gasteiger charge is 2.10. The number of aromatic nitrogens is 3. The number of nitrogens with zero attached hydrogens (tertiary/aromatic N) is 2. The van der Waals surface area contributed by atoms with Crippen LogP contribution >= 0.6 is 15.9 Å². The predicted molar refractivity (Wildman–Crippen MR) is 106 cm³/mol. The molecule has 0 radical (unpaired) electrons. The molecule has 0 spiro atoms. The van der Waals surface area contributed by atoms with Gasteiger partial charge < -0.3 is 5.32 Å². The van der Waals surface area contributed by atoms with Crippen molar-refractivity contribution in [2.24, 2.45) is 0 Å². The quantitative estimate of drug-likeness (QED) is 0.521. The number of fused-ring (bicyclic) bond motifs is 1. The minimum Gasteiger partial charge on any atom is -0.309 e. The maximum Gasteiger partial charge on any atom is 0.230 e. The van der Waals surface area contributed by atoms with Gasteiger partial charge in [-0.25, -0.2) is 0 Å². The topological polar surface area (TPSA) is 70.7 Å². The van der Waals surface area contributed by atoms with Crippen molar-refractivity contribution in [2.45, 2.75) is 6.42 Å². The molecule has 0 saturated carbocycles. The molecule has 26 heavy (non-hydrogen) atoms. The highest BCUT2D eigenvalue weighted by atomic mass is 79.9. The lowest BCUT2D eigenvalue weighted by molar-refractivity contribution is -0.115. The van der Waals surface area contributed by atoms with Crippen molar-refractivity contribution in [3.8, 4) is 11.3 Å². The van der Waals surface area contributed by atoms with Gasteiger partial charge >= 0.3 is 0 Å². The van der Waals surface area contributed by atoms with Crippen LogP contribution in [0.25, 0.3) is 22.0 Å². The Hall–Kier alpha value is -2.99. The van der Waals surface area contributed by atoms with Crippen LogP contribution in [0.3, 0.4) is 0 Å². The van der Waals surface area contributed by atoms with Crippen molar-refractivity contribution < 1.29 is 4.79 Å². The second-order valence-corrected chi connectivity index (χ2v) is 6.84. The lowest BCUT2D eigenvalue weighted by atomic mass is 10.0. The minimum absolute atomic E-state index is 0.105. The molecule has 1 amide bonds. The highest BCUT2D eigenvalue weighted by Crippen LogP contribution is 2.23. The number of hydrogen-bond acceptors (Lipinski definition) is 3. The zero-order chi connectivity index (χ0) is 17.9. The Morgan fingerprint density at radius 2 is 1.92 bits per heavy atom. The summed E-state index contributed by atoms with van der Waals surface area (Å²) in [4.78, 5) is 16.6. The normalized spacial score (nSPS) is 10.8. The Labute approximate surface area is 158 Å². The van der Waals surface area contributed by atoms with E-state index in [0.29, 0.717) is 12.2 Å². The molecule has 0 bridgehead atoms. The van der Waals surface area contributed by atoms with Crippen molar-refractivity contribution >= 4 is 38.4 Å². The Balaban J connectivity index is 1.50. The number of rotatable bonds is 4. The van der Waals surface area contributed by atoms with Gasteiger partial charge in [-0.1, -0.05) is 42.5 Å². The highest BCUT2D eigenvalue weighted by molar-refractivity contribution is 9.10. The number of anilines is 1. The Bertz CT molecular complexity index is 1080. The van der Waals surface area contributed by atoms with Gasteiger partial charge in [0.2, 0.25) is 5.91 Å². The third-order valence-electron chi connectivity index (χ3n) is 4.09. The standard InChI is InChI=1S/C20H15BrN4O/c21-16-8-15(11-22-12-16)18-10-19(25-24-18)23-20(26)9-14-6-3-5-13-4-1-2-7-17(13)14/h1-8,10-12H,9H2,(H2,23,24,25,26). The number of amides is 1. The molecule has 0 atom stereocenters. The van der Waals surface area contributed by atoms with E-state index in [0.717, 1.165) is 32.1 Å². The van der Waals surface area contributed by atoms with E-state index in [9.17, 15) is 4.79 Å². The summed E-state index contributed by atoms with van der Waals surface area (Å²) in [6.45, 7) is 0. The van der Waals surface area contributed by atoms with Crippen LogP contribution in [0.15, 0.2) is 71.5 Å². The molecular weight excluding hydrogens is 392 g/mol. The zero-order valence-corrected chi connectivity index (χ0v) is 15.3. The lowest BCUT2D eigenvalue weighted by Gasteiger charge is -2.06. The van der Waals surface area contributed by atoms with Gasteiger partial charge in [0.1, 0.15) is 0 Å². The molecular formula is C20H15BrN4O. The van der Waals surface area contributed by atoms with Crippen molar-refractivity contribution in [3.05, 3.63) is 77.0 Å². The SMILES string of the molecule is O=C(Cc1cccc2ccccc12)Nc1cc(-c2cncc(Br)c2)[nH]n1. The number of carbonyl (C=O) groups is 1. The fourth-order valence-electron chi connectivity index (χ4n) is 2.90. The second-order valence-electron chi connectivity index (χ2n) is 5.92. The molecule has 128 valence electrons. The first-order valence-corrected chi connectivity index (χ1v) is 8.91. The Morgan fingerprint density at radius 1 is 1.08 bits per heavy atom. The van der Waals surface area contributed by atoms with E-state index >= 15 is 0 Å². The van der Waals surface area contributed by atoms with Crippen LogP contribution in [0.2, 0.25) is 0 Å². The molecule has 0 saturated heterocycles. The number of hydrogen-bond donors (Lipinski definition) is 2. The smallest absolute Gasteiger partial charge is 0.230 e. The van der Waals surface area contributed by atoms with Gasteiger partial charge in [-0.15, -0.1) is 0 Å². The van der Waals surface area contributed by atoms with E-state index in [1.807, 2.05) is 48.5 Å². The molecule has 0 fully saturated rings. The summed E-state index contributed by atoms with van der Waals surface area (Å²) in [6, 6.07) is 17.8. The van der Waals surface area contributed by atoms with Crippen LogP contribution in [0.4, 0.5) is 5.82 Å². The molecule has 2 aromatic carbocycles. The van der Waals surface area contributed by atoms with Gasteiger partial charge in [0.05, 0.1) is 12.1 Å². The number of benzene rings is 2. The lowest BCUT2D eigenvalue weighted by Crippen LogP contribution is -2.14. The van der Waals surface area contributed by atoms with Crippen molar-refractivity contribution in [2.75, 3.05) is 5.32 Å². The number of H-pyrrole nitrogens is 1. The number of halogens is 1. The largest absolute Gasteiger partial charge is 0.309 e. The Kier molecular flexibility index (Phi) is 4.50. The molecule has 2 N–H and O–H groups in total. The number of pyridine rings is 1. The average molecular weight is 407 g/mol. The van der Waals surface area contributed by atoms with Gasteiger partial charge in [0.25, 0.3) is 0 Å². The minimum atomic E-state index is -0.105. The molecule has 0 unspecified atom stereocenters. The zero-order valence-electron chi connectivity index (χ0n) is 13.7. The number of aromatic amines is 1. The van der Waals surface area contributed by atoms with Gasteiger partial charge in [-0.3, -0.25) is 14.9 Å². The molecule has 4 aromatic rings. The summed E-state index contributed by atoms with van der Waals surface area (Å²) in [5.74, 6) is 0.386. The van der Waals surface area contributed by atoms with Crippen LogP contribution in [-0.4, -0.2) is 21.1 Å². The van der Waals surface area contributed by atoms with Gasteiger partial charge in [-0.2, -0.15) is 5.10 Å². The van der Waals surface area contributed by atoms with E-state index in [2.05, 4.69) is 36.4 Å². The summed E-state index contributed by atoms with van der Waals surface area (Å²) < 4.78 is 0.881. The van der Waals surface area contributed by atoms with Gasteiger partial charge in [0.15, 0.2) is 5.82 Å². The van der Waals surface area contributed by atoms with Crippen molar-refractivity contribution in [1.82, 2.24) is 15.2 Å². The molecule has 2 aromatic heterocycles. The Morgan fingerprint density at radius 3 is 2.81 bits per heavy atom. The number of carbonyl (C=O) groups excluding carboxylic acids is 1. The molecule has 2 heterocycles. The summed E-state index contributed by atoms with van der Waals surface area (Å²) in [7, 11) is 0. The summed E-state index contributed by atoms with van der Waals surface area (Å²) in [5.41, 5.74) is 2.67. The fraction of sp³-hybridized carbons (Fsp3) is 0.0500. The number of nitrogens with one attached hydrogen (secondary N) is 2.